The number of aromatic nitrogens is 2. The topological polar surface area (TPSA) is 80.4 Å². The number of nitrogens with zero attached hydrogens (tertiary/aromatic N) is 3. The van der Waals surface area contributed by atoms with Gasteiger partial charge in [0.2, 0.25) is 0 Å². The molecule has 32 heavy (non-hydrogen) atoms. The summed E-state index contributed by atoms with van der Waals surface area (Å²) in [6.07, 6.45) is 5.40. The molecule has 2 aromatic carbocycles. The number of rotatable bonds is 7. The zero-order valence-corrected chi connectivity index (χ0v) is 19.0. The molecule has 0 fully saturated rings. The third-order valence-corrected chi connectivity index (χ3v) is 5.49. The number of imidazole rings is 1. The highest BCUT2D eigenvalue weighted by atomic mass is 79.9. The Morgan fingerprint density at radius 3 is 2.53 bits per heavy atom. The largest absolute Gasteiger partial charge is 0.444 e. The van der Waals surface area contributed by atoms with Gasteiger partial charge in [-0.15, -0.1) is 0 Å². The van der Waals surface area contributed by atoms with Gasteiger partial charge in [-0.3, -0.25) is 9.59 Å². The van der Waals surface area contributed by atoms with Gasteiger partial charge >= 0.3 is 0 Å². The van der Waals surface area contributed by atoms with Crippen molar-refractivity contribution in [2.45, 2.75) is 13.1 Å². The first-order valence-electron chi connectivity index (χ1n) is 9.96. The molecule has 0 unspecified atom stereocenters. The molecular weight excluding hydrogens is 472 g/mol. The molecule has 7 nitrogen and oxygen atoms in total. The lowest BCUT2D eigenvalue weighted by atomic mass is 10.1. The third-order valence-electron chi connectivity index (χ3n) is 5.07. The van der Waals surface area contributed by atoms with E-state index in [-0.39, 0.29) is 17.6 Å². The van der Waals surface area contributed by atoms with Gasteiger partial charge in [0.25, 0.3) is 11.8 Å². The van der Waals surface area contributed by atoms with Gasteiger partial charge in [-0.25, -0.2) is 4.98 Å². The Morgan fingerprint density at radius 1 is 1.06 bits per heavy atom. The summed E-state index contributed by atoms with van der Waals surface area (Å²) < 4.78 is 7.81. The van der Waals surface area contributed by atoms with Gasteiger partial charge in [-0.05, 0) is 51.3 Å². The summed E-state index contributed by atoms with van der Waals surface area (Å²) in [5.74, 6) is -0.428. The van der Waals surface area contributed by atoms with Gasteiger partial charge in [0, 0.05) is 32.5 Å². The normalized spacial score (nSPS) is 10.7. The van der Waals surface area contributed by atoms with E-state index in [2.05, 4.69) is 26.2 Å². The zero-order chi connectivity index (χ0) is 22.5. The molecule has 0 bridgehead atoms. The SMILES string of the molecule is CN(C(=O)c1ccc(Br)o1)c1ccccc1C(=O)NCc1ccccc1Cn1ccnc1. The summed E-state index contributed by atoms with van der Waals surface area (Å²) in [5.41, 5.74) is 3.00. The number of carbonyl (C=O) groups is 2. The van der Waals surface area contributed by atoms with E-state index in [1.54, 1.807) is 56.0 Å². The van der Waals surface area contributed by atoms with Crippen molar-refractivity contribution in [3.8, 4) is 0 Å². The quantitative estimate of drug-likeness (QED) is 0.412. The Bertz CT molecular complexity index is 1230. The number of anilines is 1. The monoisotopic (exact) mass is 492 g/mol. The van der Waals surface area contributed by atoms with Crippen molar-refractivity contribution in [2.24, 2.45) is 0 Å². The first kappa shape index (κ1) is 21.6. The van der Waals surface area contributed by atoms with Crippen LogP contribution in [0.15, 0.2) is 88.5 Å². The molecule has 4 aromatic rings. The van der Waals surface area contributed by atoms with E-state index in [0.29, 0.717) is 29.0 Å². The van der Waals surface area contributed by atoms with Crippen LogP contribution in [0, 0.1) is 0 Å². The van der Waals surface area contributed by atoms with E-state index in [1.165, 1.54) is 4.90 Å². The summed E-state index contributed by atoms with van der Waals surface area (Å²) in [5, 5.41) is 2.98. The number of benzene rings is 2. The highest BCUT2D eigenvalue weighted by Crippen LogP contribution is 2.23. The summed E-state index contributed by atoms with van der Waals surface area (Å²) >= 11 is 3.20. The van der Waals surface area contributed by atoms with Gasteiger partial charge in [0.15, 0.2) is 10.4 Å². The molecule has 0 atom stereocenters. The molecule has 0 saturated heterocycles. The Labute approximate surface area is 193 Å². The Morgan fingerprint density at radius 2 is 1.81 bits per heavy atom. The summed E-state index contributed by atoms with van der Waals surface area (Å²) in [4.78, 5) is 31.3. The molecule has 2 amide bonds. The maximum absolute atomic E-state index is 13.0. The van der Waals surface area contributed by atoms with Crippen molar-refractivity contribution in [2.75, 3.05) is 11.9 Å². The first-order valence-corrected chi connectivity index (χ1v) is 10.8. The van der Waals surface area contributed by atoms with E-state index in [1.807, 2.05) is 35.0 Å². The Balaban J connectivity index is 1.50. The van der Waals surface area contributed by atoms with Crippen molar-refractivity contribution < 1.29 is 14.0 Å². The van der Waals surface area contributed by atoms with Crippen molar-refractivity contribution in [3.63, 3.8) is 0 Å². The van der Waals surface area contributed by atoms with Crippen molar-refractivity contribution in [1.82, 2.24) is 14.9 Å². The second-order valence-corrected chi connectivity index (χ2v) is 7.95. The average molecular weight is 493 g/mol. The lowest BCUT2D eigenvalue weighted by molar-refractivity contribution is 0.0951. The number of hydrogen-bond acceptors (Lipinski definition) is 4. The maximum Gasteiger partial charge on any atom is 0.293 e. The maximum atomic E-state index is 13.0. The van der Waals surface area contributed by atoms with Crippen LogP contribution in [0.25, 0.3) is 0 Å². The molecule has 162 valence electrons. The lowest BCUT2D eigenvalue weighted by Gasteiger charge is -2.19. The van der Waals surface area contributed by atoms with Gasteiger partial charge < -0.3 is 19.2 Å². The van der Waals surface area contributed by atoms with E-state index < -0.39 is 0 Å². The van der Waals surface area contributed by atoms with Crippen LogP contribution >= 0.6 is 15.9 Å². The first-order chi connectivity index (χ1) is 15.5. The average Bonchev–Trinajstić information content (AvgIpc) is 3.49. The fourth-order valence-electron chi connectivity index (χ4n) is 3.39. The fraction of sp³-hybridized carbons (Fsp3) is 0.125. The predicted octanol–water partition coefficient (Wildman–Crippen LogP) is 4.49. The number of nitrogens with one attached hydrogen (secondary N) is 1. The number of furan rings is 1. The number of carbonyl (C=O) groups excluding carboxylic acids is 2. The number of amides is 2. The van der Waals surface area contributed by atoms with E-state index in [0.717, 1.165) is 11.1 Å². The predicted molar refractivity (Wildman–Crippen MR) is 125 cm³/mol. The molecule has 1 N–H and O–H groups in total. The van der Waals surface area contributed by atoms with E-state index in [4.69, 9.17) is 4.42 Å². The second kappa shape index (κ2) is 9.65. The molecule has 0 aliphatic heterocycles. The highest BCUT2D eigenvalue weighted by Gasteiger charge is 2.22. The molecule has 0 aliphatic rings. The second-order valence-electron chi connectivity index (χ2n) is 7.17. The smallest absolute Gasteiger partial charge is 0.293 e. The van der Waals surface area contributed by atoms with Gasteiger partial charge in [0.1, 0.15) is 0 Å². The zero-order valence-electron chi connectivity index (χ0n) is 17.4. The minimum atomic E-state index is -0.346. The van der Waals surface area contributed by atoms with Crippen LogP contribution in [0.2, 0.25) is 0 Å². The minimum Gasteiger partial charge on any atom is -0.444 e. The summed E-state index contributed by atoms with van der Waals surface area (Å²) in [6.45, 7) is 1.03. The number of para-hydroxylation sites is 1. The van der Waals surface area contributed by atoms with Gasteiger partial charge in [-0.2, -0.15) is 0 Å². The molecule has 0 aliphatic carbocycles. The number of hydrogen-bond donors (Lipinski definition) is 1. The third kappa shape index (κ3) is 4.81. The molecule has 0 spiro atoms. The molecule has 0 saturated carbocycles. The number of halogens is 1. The molecule has 8 heteroatoms. The van der Waals surface area contributed by atoms with E-state index >= 15 is 0 Å². The molecule has 4 rings (SSSR count). The molecule has 2 heterocycles. The molecular formula is C24H21BrN4O3. The van der Waals surface area contributed by atoms with Gasteiger partial charge in [-0.1, -0.05) is 36.4 Å². The van der Waals surface area contributed by atoms with Gasteiger partial charge in [0.05, 0.1) is 17.6 Å². The molecule has 0 radical (unpaired) electrons. The van der Waals surface area contributed by atoms with Crippen molar-refractivity contribution in [1.29, 1.82) is 0 Å². The Kier molecular flexibility index (Phi) is 6.51. The highest BCUT2D eigenvalue weighted by molar-refractivity contribution is 9.10. The lowest BCUT2D eigenvalue weighted by Crippen LogP contribution is -2.30. The van der Waals surface area contributed by atoms with Crippen LogP contribution < -0.4 is 10.2 Å². The minimum absolute atomic E-state index is 0.183. The van der Waals surface area contributed by atoms with Crippen LogP contribution in [0.5, 0.6) is 0 Å². The summed E-state index contributed by atoms with van der Waals surface area (Å²) in [7, 11) is 1.62. The van der Waals surface area contributed by atoms with Crippen LogP contribution in [-0.2, 0) is 13.1 Å². The standard InChI is InChI=1S/C24H21BrN4O3/c1-28(24(31)21-10-11-22(25)32-21)20-9-5-4-8-19(20)23(30)27-14-17-6-2-3-7-18(17)15-29-13-12-26-16-29/h2-13,16H,14-15H2,1H3,(H,27,30). The van der Waals surface area contributed by atoms with Crippen LogP contribution in [0.3, 0.4) is 0 Å². The van der Waals surface area contributed by atoms with E-state index in [9.17, 15) is 9.59 Å². The van der Waals surface area contributed by atoms with Crippen LogP contribution in [-0.4, -0.2) is 28.4 Å². The molecule has 2 aromatic heterocycles. The summed E-state index contributed by atoms with van der Waals surface area (Å²) in [6, 6.07) is 18.2. The van der Waals surface area contributed by atoms with Crippen molar-refractivity contribution in [3.05, 3.63) is 107 Å². The van der Waals surface area contributed by atoms with Crippen LogP contribution in [0.4, 0.5) is 5.69 Å². The fourth-order valence-corrected chi connectivity index (χ4v) is 3.70. The Hall–Kier alpha value is -3.65. The van der Waals surface area contributed by atoms with Crippen molar-refractivity contribution >= 4 is 33.4 Å². The van der Waals surface area contributed by atoms with Crippen LogP contribution in [0.1, 0.15) is 32.0 Å².